The molecule has 3 atom stereocenters. The lowest BCUT2D eigenvalue weighted by molar-refractivity contribution is 0.215. The van der Waals surface area contributed by atoms with Crippen LogP contribution in [0.25, 0.3) is 0 Å². The third kappa shape index (κ3) is 2.34. The molecule has 2 rings (SSSR count). The normalized spacial score (nSPS) is 39.7. The van der Waals surface area contributed by atoms with Crippen molar-refractivity contribution < 1.29 is 8.42 Å². The van der Waals surface area contributed by atoms with Crippen LogP contribution in [0, 0.1) is 0 Å². The quantitative estimate of drug-likeness (QED) is 0.756. The average molecular weight is 232 g/mol. The first-order valence-corrected chi connectivity index (χ1v) is 7.47. The highest BCUT2D eigenvalue weighted by Gasteiger charge is 2.37. The summed E-state index contributed by atoms with van der Waals surface area (Å²) >= 11 is 0. The van der Waals surface area contributed by atoms with E-state index >= 15 is 0 Å². The van der Waals surface area contributed by atoms with E-state index in [9.17, 15) is 8.42 Å². The lowest BCUT2D eigenvalue weighted by atomic mass is 10.1. The van der Waals surface area contributed by atoms with Gasteiger partial charge in [-0.15, -0.1) is 0 Å². The molecule has 4 nitrogen and oxygen atoms in total. The van der Waals surface area contributed by atoms with Crippen molar-refractivity contribution in [1.82, 2.24) is 9.62 Å². The molecule has 15 heavy (non-hydrogen) atoms. The van der Waals surface area contributed by atoms with Gasteiger partial charge in [-0.2, -0.15) is 4.31 Å². The first-order valence-electron chi connectivity index (χ1n) is 5.86. The van der Waals surface area contributed by atoms with Gasteiger partial charge in [0, 0.05) is 25.2 Å². The zero-order valence-electron chi connectivity index (χ0n) is 9.28. The summed E-state index contributed by atoms with van der Waals surface area (Å²) in [7, 11) is -2.97. The molecule has 2 heterocycles. The van der Waals surface area contributed by atoms with Gasteiger partial charge in [-0.25, -0.2) is 8.42 Å². The summed E-state index contributed by atoms with van der Waals surface area (Å²) in [6.45, 7) is 3.63. The molecule has 2 bridgehead atoms. The van der Waals surface area contributed by atoms with Gasteiger partial charge in [-0.3, -0.25) is 0 Å². The highest BCUT2D eigenvalue weighted by atomic mass is 32.2. The maximum absolute atomic E-state index is 12.0. The molecule has 0 aromatic carbocycles. The second kappa shape index (κ2) is 4.39. The SMILES string of the molecule is CCCC1CN[C@@H]2CCCS(=O)(=O)N1C2. The Morgan fingerprint density at radius 1 is 1.47 bits per heavy atom. The van der Waals surface area contributed by atoms with Crippen molar-refractivity contribution >= 4 is 10.0 Å². The van der Waals surface area contributed by atoms with Crippen LogP contribution < -0.4 is 5.32 Å². The predicted octanol–water partition coefficient (Wildman–Crippen LogP) is 0.553. The van der Waals surface area contributed by atoms with E-state index in [4.69, 9.17) is 0 Å². The average Bonchev–Trinajstić information content (AvgIpc) is 2.30. The molecule has 2 unspecified atom stereocenters. The first kappa shape index (κ1) is 11.4. The summed E-state index contributed by atoms with van der Waals surface area (Å²) in [5, 5.41) is 3.46. The van der Waals surface area contributed by atoms with Gasteiger partial charge in [-0.1, -0.05) is 13.3 Å². The molecule has 2 fully saturated rings. The van der Waals surface area contributed by atoms with Crippen LogP contribution in [-0.4, -0.2) is 43.6 Å². The zero-order chi connectivity index (χ0) is 10.9. The highest BCUT2D eigenvalue weighted by molar-refractivity contribution is 7.89. The fraction of sp³-hybridized carbons (Fsp3) is 1.00. The third-order valence-corrected chi connectivity index (χ3v) is 5.35. The topological polar surface area (TPSA) is 49.4 Å². The summed E-state index contributed by atoms with van der Waals surface area (Å²) in [4.78, 5) is 0. The Labute approximate surface area is 92.1 Å². The van der Waals surface area contributed by atoms with Crippen molar-refractivity contribution in [2.75, 3.05) is 18.8 Å². The summed E-state index contributed by atoms with van der Waals surface area (Å²) in [5.74, 6) is 0.339. The van der Waals surface area contributed by atoms with Crippen molar-refractivity contribution in [3.05, 3.63) is 0 Å². The molecular weight excluding hydrogens is 212 g/mol. The maximum Gasteiger partial charge on any atom is 0.214 e. The monoisotopic (exact) mass is 232 g/mol. The van der Waals surface area contributed by atoms with Gasteiger partial charge in [0.25, 0.3) is 0 Å². The summed E-state index contributed by atoms with van der Waals surface area (Å²) < 4.78 is 25.7. The van der Waals surface area contributed by atoms with Crippen LogP contribution in [0.2, 0.25) is 0 Å². The van der Waals surface area contributed by atoms with Crippen LogP contribution in [0.1, 0.15) is 32.6 Å². The zero-order valence-corrected chi connectivity index (χ0v) is 10.1. The van der Waals surface area contributed by atoms with E-state index in [-0.39, 0.29) is 6.04 Å². The summed E-state index contributed by atoms with van der Waals surface area (Å²) in [6, 6.07) is 0.574. The Morgan fingerprint density at radius 2 is 2.27 bits per heavy atom. The summed E-state index contributed by atoms with van der Waals surface area (Å²) in [6.07, 6.45) is 3.81. The largest absolute Gasteiger partial charge is 0.311 e. The molecule has 0 radical (unpaired) electrons. The Hall–Kier alpha value is -0.130. The Morgan fingerprint density at radius 3 is 3.00 bits per heavy atom. The van der Waals surface area contributed by atoms with Crippen LogP contribution in [0.5, 0.6) is 0 Å². The first-order chi connectivity index (χ1) is 7.13. The Bertz CT molecular complexity index is 315. The maximum atomic E-state index is 12.0. The molecule has 0 saturated carbocycles. The third-order valence-electron chi connectivity index (χ3n) is 3.38. The molecule has 88 valence electrons. The fourth-order valence-electron chi connectivity index (χ4n) is 2.58. The molecule has 2 saturated heterocycles. The number of piperazine rings is 1. The minimum Gasteiger partial charge on any atom is -0.311 e. The standard InChI is InChI=1S/C10H20N2O2S/c1-2-4-10-7-11-9-5-3-6-15(13,14)12(10)8-9/h9-11H,2-8H2,1H3/t9-,10?/m1/s1. The molecule has 1 N–H and O–H groups in total. The number of nitrogens with zero attached hydrogens (tertiary/aromatic N) is 1. The number of fused-ring (bicyclic) bond motifs is 2. The van der Waals surface area contributed by atoms with Crippen LogP contribution in [0.4, 0.5) is 0 Å². The Kier molecular flexibility index (Phi) is 3.33. The Balaban J connectivity index is 2.19. The number of sulfonamides is 1. The number of hydrogen-bond acceptors (Lipinski definition) is 3. The van der Waals surface area contributed by atoms with E-state index in [2.05, 4.69) is 12.2 Å². The van der Waals surface area contributed by atoms with Crippen molar-refractivity contribution in [3.8, 4) is 0 Å². The van der Waals surface area contributed by atoms with Crippen LogP contribution in [-0.2, 0) is 10.0 Å². The van der Waals surface area contributed by atoms with Crippen LogP contribution >= 0.6 is 0 Å². The fourth-order valence-corrected chi connectivity index (χ4v) is 4.39. The molecule has 2 aliphatic heterocycles. The molecule has 0 amide bonds. The van der Waals surface area contributed by atoms with Crippen molar-refractivity contribution in [1.29, 1.82) is 0 Å². The second-order valence-corrected chi connectivity index (χ2v) is 6.62. The van der Waals surface area contributed by atoms with E-state index in [0.717, 1.165) is 32.2 Å². The molecule has 0 aromatic rings. The van der Waals surface area contributed by atoms with Crippen molar-refractivity contribution in [2.24, 2.45) is 0 Å². The van der Waals surface area contributed by atoms with Crippen molar-refractivity contribution in [3.63, 3.8) is 0 Å². The van der Waals surface area contributed by atoms with Gasteiger partial charge in [0.2, 0.25) is 10.0 Å². The van der Waals surface area contributed by atoms with Crippen LogP contribution in [0.3, 0.4) is 0 Å². The van der Waals surface area contributed by atoms with Gasteiger partial charge in [0.05, 0.1) is 5.75 Å². The lowest BCUT2D eigenvalue weighted by Gasteiger charge is -2.37. The van der Waals surface area contributed by atoms with E-state index in [1.165, 1.54) is 0 Å². The van der Waals surface area contributed by atoms with E-state index in [1.54, 1.807) is 4.31 Å². The van der Waals surface area contributed by atoms with Crippen LogP contribution in [0.15, 0.2) is 0 Å². The smallest absolute Gasteiger partial charge is 0.214 e. The molecule has 5 heteroatoms. The molecule has 2 aliphatic rings. The highest BCUT2D eigenvalue weighted by Crippen LogP contribution is 2.22. The number of rotatable bonds is 2. The molecule has 0 spiro atoms. The molecular formula is C10H20N2O2S. The van der Waals surface area contributed by atoms with Crippen molar-refractivity contribution in [2.45, 2.75) is 44.7 Å². The summed E-state index contributed by atoms with van der Waals surface area (Å²) in [5.41, 5.74) is 0. The number of hydrogen-bond donors (Lipinski definition) is 1. The second-order valence-electron chi connectivity index (χ2n) is 4.58. The number of nitrogens with one attached hydrogen (secondary N) is 1. The van der Waals surface area contributed by atoms with E-state index in [0.29, 0.717) is 18.3 Å². The lowest BCUT2D eigenvalue weighted by Crippen LogP contribution is -2.56. The minimum atomic E-state index is -2.97. The van der Waals surface area contributed by atoms with E-state index in [1.807, 2.05) is 0 Å². The minimum absolute atomic E-state index is 0.189. The van der Waals surface area contributed by atoms with E-state index < -0.39 is 10.0 Å². The molecule has 0 aliphatic carbocycles. The van der Waals surface area contributed by atoms with Gasteiger partial charge >= 0.3 is 0 Å². The van der Waals surface area contributed by atoms with Gasteiger partial charge in [0.15, 0.2) is 0 Å². The van der Waals surface area contributed by atoms with Gasteiger partial charge in [0.1, 0.15) is 0 Å². The van der Waals surface area contributed by atoms with Gasteiger partial charge < -0.3 is 5.32 Å². The predicted molar refractivity (Wildman–Crippen MR) is 60.2 cm³/mol. The molecule has 0 aromatic heterocycles. The van der Waals surface area contributed by atoms with Gasteiger partial charge in [-0.05, 0) is 19.3 Å².